The summed E-state index contributed by atoms with van der Waals surface area (Å²) < 4.78 is 16.7. The summed E-state index contributed by atoms with van der Waals surface area (Å²) in [6, 6.07) is 0. The van der Waals surface area contributed by atoms with Crippen molar-refractivity contribution >= 4 is 9.17 Å². The molecular weight excluding hydrogens is 572 g/mol. The fraction of sp³-hybridized carbons (Fsp3) is 1.00. The van der Waals surface area contributed by atoms with Crippen LogP contribution in [0.2, 0.25) is 0 Å². The molecule has 0 rings (SSSR count). The summed E-state index contributed by atoms with van der Waals surface area (Å²) >= 11 is 0. The first-order chi connectivity index (χ1) is 17.7. The Balaban J connectivity index is -0.0000000448. The van der Waals surface area contributed by atoms with Gasteiger partial charge in [0.15, 0.2) is 0 Å². The van der Waals surface area contributed by atoms with Gasteiger partial charge in [-0.25, -0.2) is 0 Å². The van der Waals surface area contributed by atoms with E-state index in [1.54, 1.807) is 0 Å². The zero-order valence-electron chi connectivity index (χ0n) is 37.4. The molecule has 0 radical (unpaired) electrons. The highest BCUT2D eigenvalue weighted by Gasteiger charge is 1.91. The summed E-state index contributed by atoms with van der Waals surface area (Å²) in [6.45, 7) is 0. The van der Waals surface area contributed by atoms with Crippen LogP contribution in [0.4, 0.5) is 0 Å². The van der Waals surface area contributed by atoms with E-state index in [2.05, 4.69) is 226 Å². The summed E-state index contributed by atoms with van der Waals surface area (Å²) in [5, 5.41) is 0. The van der Waals surface area contributed by atoms with Crippen molar-refractivity contribution in [1.29, 1.82) is 0 Å². The summed E-state index contributed by atoms with van der Waals surface area (Å²) in [5.74, 6) is 0. The highest BCUT2D eigenvalue weighted by molar-refractivity contribution is 6.22. The van der Waals surface area contributed by atoms with Gasteiger partial charge in [0.1, 0.15) is 0 Å². The molecule has 0 aromatic carbocycles. The third-order valence-electron chi connectivity index (χ3n) is 0. The van der Waals surface area contributed by atoms with E-state index < -0.39 is 9.17 Å². The lowest BCUT2D eigenvalue weighted by atomic mass is 10.8. The minimum atomic E-state index is -3.13. The van der Waals surface area contributed by atoms with Crippen LogP contribution in [-0.2, 0) is 4.46 Å². The standard InChI is InChI=1S/8C4H12N.H2O3Si/c8*1-5(2,3)4;1-4(2)3/h8*1-4H3;1-2H/q8*+1;. The molecule has 0 saturated carbocycles. The molecule has 11 nitrogen and oxygen atoms in total. The second-order valence-electron chi connectivity index (χ2n) is 21.7. The quantitative estimate of drug-likeness (QED) is 0.299. The van der Waals surface area contributed by atoms with Crippen LogP contribution in [0.5, 0.6) is 0 Å². The van der Waals surface area contributed by atoms with E-state index in [0.717, 1.165) is 35.9 Å². The van der Waals surface area contributed by atoms with Gasteiger partial charge >= 0.3 is 9.17 Å². The monoisotopic (exact) mass is 671 g/mol. The molecule has 0 unspecified atom stereocenters. The van der Waals surface area contributed by atoms with Gasteiger partial charge in [0, 0.05) is 0 Å². The highest BCUT2D eigenvalue weighted by atomic mass is 28.3. The lowest BCUT2D eigenvalue weighted by molar-refractivity contribution is -0.849. The molecule has 280 valence electrons. The third-order valence-corrected chi connectivity index (χ3v) is 0. The van der Waals surface area contributed by atoms with Crippen LogP contribution in [0.1, 0.15) is 0 Å². The average molecular weight is 671 g/mol. The van der Waals surface area contributed by atoms with Crippen LogP contribution in [0, 0.1) is 0 Å². The molecule has 0 amide bonds. The first-order valence-corrected chi connectivity index (χ1v) is 16.3. The molecule has 0 aliphatic carbocycles. The van der Waals surface area contributed by atoms with Crippen LogP contribution < -0.4 is 0 Å². The Kier molecular flexibility index (Phi) is 42.7. The van der Waals surface area contributed by atoms with Gasteiger partial charge in [-0.05, 0) is 0 Å². The molecule has 0 bridgehead atoms. The van der Waals surface area contributed by atoms with E-state index in [1.165, 1.54) is 0 Å². The number of rotatable bonds is 0. The number of quaternary nitrogens is 8. The van der Waals surface area contributed by atoms with E-state index >= 15 is 0 Å². The fourth-order valence-electron chi connectivity index (χ4n) is 0. The van der Waals surface area contributed by atoms with Crippen molar-refractivity contribution in [1.82, 2.24) is 0 Å². The lowest BCUT2D eigenvalue weighted by Crippen LogP contribution is -2.27. The van der Waals surface area contributed by atoms with Crippen molar-refractivity contribution < 1.29 is 49.9 Å². The first-order valence-electron chi connectivity index (χ1n) is 15.0. The maximum Gasteiger partial charge on any atom is 0.761 e. The van der Waals surface area contributed by atoms with Gasteiger partial charge < -0.3 is 45.5 Å². The van der Waals surface area contributed by atoms with Gasteiger partial charge in [0.25, 0.3) is 0 Å². The molecule has 0 fully saturated rings. The summed E-state index contributed by atoms with van der Waals surface area (Å²) in [7, 11) is 64.9. The van der Waals surface area contributed by atoms with Crippen LogP contribution in [0.25, 0.3) is 0 Å². The predicted molar refractivity (Wildman–Crippen MR) is 203 cm³/mol. The Morgan fingerprint density at radius 3 is 0.227 bits per heavy atom. The van der Waals surface area contributed by atoms with E-state index in [9.17, 15) is 0 Å². The number of nitrogens with zero attached hydrogens (tertiary/aromatic N) is 8. The molecule has 2 N–H and O–H groups in total. The second kappa shape index (κ2) is 28.5. The molecule has 0 spiro atoms. The Hall–Kier alpha value is -0.703. The van der Waals surface area contributed by atoms with Gasteiger partial charge in [0.05, 0.1) is 226 Å². The fourth-order valence-corrected chi connectivity index (χ4v) is 0. The van der Waals surface area contributed by atoms with Gasteiger partial charge in [-0.1, -0.05) is 0 Å². The van der Waals surface area contributed by atoms with Gasteiger partial charge in [-0.15, -0.1) is 0 Å². The molecule has 0 heterocycles. The Labute approximate surface area is 284 Å². The minimum absolute atomic E-state index is 1.00. The molecule has 0 atom stereocenters. The van der Waals surface area contributed by atoms with Crippen molar-refractivity contribution in [2.45, 2.75) is 0 Å². The highest BCUT2D eigenvalue weighted by Crippen LogP contribution is 1.76. The van der Waals surface area contributed by atoms with E-state index in [1.807, 2.05) is 0 Å². The summed E-state index contributed by atoms with van der Waals surface area (Å²) in [4.78, 5) is 14.3. The van der Waals surface area contributed by atoms with Crippen molar-refractivity contribution in [3.63, 3.8) is 0 Å². The molecule has 0 aliphatic heterocycles. The van der Waals surface area contributed by atoms with Crippen LogP contribution in [-0.4, -0.2) is 280 Å². The van der Waals surface area contributed by atoms with Crippen LogP contribution >= 0.6 is 0 Å². The van der Waals surface area contributed by atoms with Gasteiger partial charge in [-0.2, -0.15) is 0 Å². The third kappa shape index (κ3) is 136000. The average Bonchev–Trinajstić information content (AvgIpc) is 2.27. The smallest absolute Gasteiger partial charge is 0.511 e. The van der Waals surface area contributed by atoms with E-state index in [4.69, 9.17) is 14.1 Å². The Bertz CT molecular complexity index is 397. The molecule has 0 aromatic rings. The van der Waals surface area contributed by atoms with Gasteiger partial charge in [-0.3, -0.25) is 4.46 Å². The Morgan fingerprint density at radius 2 is 0.227 bits per heavy atom. The zero-order valence-corrected chi connectivity index (χ0v) is 38.4. The summed E-state index contributed by atoms with van der Waals surface area (Å²) in [6.07, 6.45) is 0. The largest absolute Gasteiger partial charge is 0.761 e. The van der Waals surface area contributed by atoms with Crippen molar-refractivity contribution in [3.05, 3.63) is 0 Å². The normalized spacial score (nSPS) is 11.5. The maximum atomic E-state index is 8.74. The SMILES string of the molecule is C[N+](C)(C)C.C[N+](C)(C)C.C[N+](C)(C)C.C[N+](C)(C)C.C[N+](C)(C)C.C[N+](C)(C)C.C[N+](C)(C)C.C[N+](C)(C)C.O=[Si](O)O. The van der Waals surface area contributed by atoms with E-state index in [0.29, 0.717) is 0 Å². The first kappa shape index (κ1) is 65.9. The molecule has 0 aromatic heterocycles. The molecular formula is C32H98N8O3Si+8. The molecule has 0 aliphatic rings. The molecule has 0 saturated heterocycles. The molecule has 44 heavy (non-hydrogen) atoms. The number of hydrogen-bond donors (Lipinski definition) is 2. The molecule has 12 heteroatoms. The van der Waals surface area contributed by atoms with Crippen LogP contribution in [0.15, 0.2) is 0 Å². The van der Waals surface area contributed by atoms with Crippen LogP contribution in [0.3, 0.4) is 0 Å². The maximum absolute atomic E-state index is 8.74. The minimum Gasteiger partial charge on any atom is -0.511 e. The van der Waals surface area contributed by atoms with E-state index in [-0.39, 0.29) is 0 Å². The summed E-state index contributed by atoms with van der Waals surface area (Å²) in [5.41, 5.74) is 0. The zero-order chi connectivity index (χ0) is 39.6. The van der Waals surface area contributed by atoms with Crippen molar-refractivity contribution in [2.24, 2.45) is 0 Å². The predicted octanol–water partition coefficient (Wildman–Crippen LogP) is 0.966. The lowest BCUT2D eigenvalue weighted by Gasteiger charge is -2.14. The number of hydrogen-bond acceptors (Lipinski definition) is 1. The Morgan fingerprint density at radius 1 is 0.227 bits per heavy atom. The van der Waals surface area contributed by atoms with Crippen molar-refractivity contribution in [2.75, 3.05) is 226 Å². The second-order valence-corrected chi connectivity index (χ2v) is 22.3. The van der Waals surface area contributed by atoms with Crippen molar-refractivity contribution in [3.8, 4) is 0 Å². The topological polar surface area (TPSA) is 57.5 Å². The van der Waals surface area contributed by atoms with Gasteiger partial charge in [0.2, 0.25) is 0 Å².